The fourth-order valence-corrected chi connectivity index (χ4v) is 1.95. The van der Waals surface area contributed by atoms with Crippen molar-refractivity contribution in [2.45, 2.75) is 13.3 Å². The standard InChI is InChI=1S/C13H10O2/c1-8(14)15-11-3-2-9-6-10-7-13(10)12(9)5-4-11/h2-6H,7H2,1H3. The van der Waals surface area contributed by atoms with Gasteiger partial charge in [0, 0.05) is 6.92 Å². The molecule has 15 heavy (non-hydrogen) atoms. The molecule has 0 saturated heterocycles. The topological polar surface area (TPSA) is 26.3 Å². The maximum Gasteiger partial charge on any atom is 0.308 e. The van der Waals surface area contributed by atoms with Gasteiger partial charge >= 0.3 is 5.97 Å². The summed E-state index contributed by atoms with van der Waals surface area (Å²) in [4.78, 5) is 10.8. The summed E-state index contributed by atoms with van der Waals surface area (Å²) in [7, 11) is 0. The molecule has 0 saturated carbocycles. The maximum absolute atomic E-state index is 10.8. The zero-order valence-corrected chi connectivity index (χ0v) is 8.41. The first-order chi connectivity index (χ1) is 7.24. The van der Waals surface area contributed by atoms with Crippen molar-refractivity contribution in [3.8, 4) is 16.9 Å². The second-order valence-electron chi connectivity index (χ2n) is 3.86. The SMILES string of the molecule is CC(=O)Oc1ccc2cc3c(c-2cc1)C3. The molecule has 0 heterocycles. The first kappa shape index (κ1) is 8.48. The first-order valence-electron chi connectivity index (χ1n) is 4.97. The van der Waals surface area contributed by atoms with Crippen molar-refractivity contribution >= 4 is 5.97 Å². The molecule has 3 rings (SSSR count). The number of esters is 1. The van der Waals surface area contributed by atoms with E-state index in [2.05, 4.69) is 6.07 Å². The highest BCUT2D eigenvalue weighted by molar-refractivity contribution is 5.80. The minimum Gasteiger partial charge on any atom is -0.427 e. The van der Waals surface area contributed by atoms with Gasteiger partial charge in [0.15, 0.2) is 0 Å². The molecule has 2 nitrogen and oxygen atoms in total. The van der Waals surface area contributed by atoms with Crippen molar-refractivity contribution in [3.63, 3.8) is 0 Å². The molecule has 0 fully saturated rings. The lowest BCUT2D eigenvalue weighted by Crippen LogP contribution is -1.99. The molecule has 0 aromatic rings. The quantitative estimate of drug-likeness (QED) is 0.562. The van der Waals surface area contributed by atoms with E-state index >= 15 is 0 Å². The van der Waals surface area contributed by atoms with Gasteiger partial charge in [-0.05, 0) is 40.8 Å². The van der Waals surface area contributed by atoms with Crippen molar-refractivity contribution in [2.75, 3.05) is 0 Å². The van der Waals surface area contributed by atoms with Gasteiger partial charge in [0.25, 0.3) is 0 Å². The number of carbonyl (C=O) groups is 1. The third kappa shape index (κ3) is 1.38. The lowest BCUT2D eigenvalue weighted by Gasteiger charge is -1.95. The summed E-state index contributed by atoms with van der Waals surface area (Å²) in [6, 6.07) is 9.91. The lowest BCUT2D eigenvalue weighted by molar-refractivity contribution is -0.131. The fraction of sp³-hybridized carbons (Fsp3) is 0.154. The van der Waals surface area contributed by atoms with Gasteiger partial charge in [0.05, 0.1) is 0 Å². The summed E-state index contributed by atoms with van der Waals surface area (Å²) in [5, 5.41) is 0. The Morgan fingerprint density at radius 2 is 2.07 bits per heavy atom. The normalized spacial score (nSPS) is 12.3. The summed E-state index contributed by atoms with van der Waals surface area (Å²) in [5.74, 6) is 0.324. The number of carbonyl (C=O) groups excluding carboxylic acids is 1. The predicted molar refractivity (Wildman–Crippen MR) is 57.2 cm³/mol. The lowest BCUT2D eigenvalue weighted by atomic mass is 10.1. The first-order valence-corrected chi connectivity index (χ1v) is 4.97. The van der Waals surface area contributed by atoms with Crippen molar-refractivity contribution < 1.29 is 9.53 Å². The molecule has 0 atom stereocenters. The largest absolute Gasteiger partial charge is 0.427 e. The molecule has 0 bridgehead atoms. The van der Waals surface area contributed by atoms with Gasteiger partial charge in [-0.2, -0.15) is 0 Å². The molecule has 0 radical (unpaired) electrons. The van der Waals surface area contributed by atoms with E-state index in [9.17, 15) is 4.79 Å². The Bertz CT molecular complexity index is 528. The minimum atomic E-state index is -0.281. The zero-order valence-electron chi connectivity index (χ0n) is 8.41. The van der Waals surface area contributed by atoms with E-state index in [4.69, 9.17) is 4.74 Å². The summed E-state index contributed by atoms with van der Waals surface area (Å²) < 4.78 is 5.03. The van der Waals surface area contributed by atoms with E-state index in [0.29, 0.717) is 5.75 Å². The molecule has 0 aromatic heterocycles. The number of hydrogen-bond donors (Lipinski definition) is 0. The van der Waals surface area contributed by atoms with E-state index in [1.165, 1.54) is 29.2 Å². The van der Waals surface area contributed by atoms with Crippen LogP contribution in [0.2, 0.25) is 0 Å². The Balaban J connectivity index is 2.07. The Labute approximate surface area is 87.8 Å². The second kappa shape index (κ2) is 2.83. The van der Waals surface area contributed by atoms with Crippen LogP contribution in [0.5, 0.6) is 5.75 Å². The van der Waals surface area contributed by atoms with Gasteiger partial charge in [0.1, 0.15) is 5.75 Å². The van der Waals surface area contributed by atoms with E-state index in [1.807, 2.05) is 24.3 Å². The maximum atomic E-state index is 10.8. The Kier molecular flexibility index (Phi) is 1.60. The van der Waals surface area contributed by atoms with E-state index in [0.717, 1.165) is 6.42 Å². The van der Waals surface area contributed by atoms with Crippen molar-refractivity contribution in [1.82, 2.24) is 0 Å². The highest BCUT2D eigenvalue weighted by atomic mass is 16.5. The molecule has 0 aliphatic heterocycles. The molecular formula is C13H10O2. The molecular weight excluding hydrogens is 188 g/mol. The van der Waals surface area contributed by atoms with Crippen LogP contribution in [0.1, 0.15) is 18.1 Å². The Hall–Kier alpha value is -1.83. The summed E-state index contributed by atoms with van der Waals surface area (Å²) in [6.45, 7) is 1.41. The highest BCUT2D eigenvalue weighted by Crippen LogP contribution is 2.42. The average Bonchev–Trinajstić information content (AvgIpc) is 2.89. The van der Waals surface area contributed by atoms with Gasteiger partial charge in [-0.25, -0.2) is 0 Å². The number of ether oxygens (including phenoxy) is 1. The van der Waals surface area contributed by atoms with Crippen LogP contribution in [0.3, 0.4) is 0 Å². The van der Waals surface area contributed by atoms with Gasteiger partial charge in [-0.1, -0.05) is 18.2 Å². The smallest absolute Gasteiger partial charge is 0.308 e. The number of hydrogen-bond acceptors (Lipinski definition) is 2. The average molecular weight is 198 g/mol. The third-order valence-electron chi connectivity index (χ3n) is 2.70. The molecule has 0 aromatic carbocycles. The van der Waals surface area contributed by atoms with E-state index in [-0.39, 0.29) is 5.97 Å². The van der Waals surface area contributed by atoms with Crippen molar-refractivity contribution in [3.05, 3.63) is 41.5 Å². The summed E-state index contributed by atoms with van der Waals surface area (Å²) in [6.07, 6.45) is 1.12. The molecule has 0 unspecified atom stereocenters. The van der Waals surface area contributed by atoms with Gasteiger partial charge in [-0.3, -0.25) is 4.79 Å². The monoisotopic (exact) mass is 198 g/mol. The van der Waals surface area contributed by atoms with Crippen LogP contribution >= 0.6 is 0 Å². The summed E-state index contributed by atoms with van der Waals surface area (Å²) >= 11 is 0. The van der Waals surface area contributed by atoms with Crippen LogP contribution in [0.4, 0.5) is 0 Å². The van der Waals surface area contributed by atoms with Gasteiger partial charge in [0.2, 0.25) is 0 Å². The molecule has 0 amide bonds. The van der Waals surface area contributed by atoms with E-state index < -0.39 is 0 Å². The second-order valence-corrected chi connectivity index (χ2v) is 3.86. The van der Waals surface area contributed by atoms with Gasteiger partial charge < -0.3 is 4.74 Å². The fourth-order valence-electron chi connectivity index (χ4n) is 1.95. The predicted octanol–water partition coefficient (Wildman–Crippen LogP) is 2.62. The third-order valence-corrected chi connectivity index (χ3v) is 2.70. The molecule has 3 aliphatic rings. The Morgan fingerprint density at radius 1 is 1.27 bits per heavy atom. The van der Waals surface area contributed by atoms with Crippen molar-refractivity contribution in [1.29, 1.82) is 0 Å². The summed E-state index contributed by atoms with van der Waals surface area (Å²) in [5.41, 5.74) is 5.40. The van der Waals surface area contributed by atoms with Crippen LogP contribution in [-0.2, 0) is 11.2 Å². The zero-order chi connectivity index (χ0) is 10.4. The molecule has 74 valence electrons. The Morgan fingerprint density at radius 3 is 2.87 bits per heavy atom. The van der Waals surface area contributed by atoms with Crippen LogP contribution in [-0.4, -0.2) is 5.97 Å². The highest BCUT2D eigenvalue weighted by Gasteiger charge is 2.25. The van der Waals surface area contributed by atoms with Crippen LogP contribution in [0.15, 0.2) is 30.3 Å². The minimum absolute atomic E-state index is 0.281. The van der Waals surface area contributed by atoms with Crippen molar-refractivity contribution in [2.24, 2.45) is 0 Å². The molecule has 0 N–H and O–H groups in total. The molecule has 0 spiro atoms. The van der Waals surface area contributed by atoms with E-state index in [1.54, 1.807) is 0 Å². The van der Waals surface area contributed by atoms with Crippen LogP contribution < -0.4 is 4.74 Å². The van der Waals surface area contributed by atoms with Gasteiger partial charge in [-0.15, -0.1) is 0 Å². The molecule has 2 heteroatoms. The molecule has 3 aliphatic carbocycles. The number of rotatable bonds is 1. The van der Waals surface area contributed by atoms with Crippen LogP contribution in [0.25, 0.3) is 11.1 Å². The van der Waals surface area contributed by atoms with Crippen LogP contribution in [0, 0.1) is 0 Å². The number of fused-ring (bicyclic) bond motifs is 3.